The quantitative estimate of drug-likeness (QED) is 0.731. The number of nitrogens with one attached hydrogen (secondary N) is 2. The minimum atomic E-state index is 0.810. The lowest BCUT2D eigenvalue weighted by molar-refractivity contribution is 0.189. The fraction of sp³-hybridized carbons (Fsp3) is 0.579. The molecule has 0 amide bonds. The molecule has 1 fully saturated rings. The smallest absolute Gasteiger partial charge is 0.0710 e. The molecular weight excluding hydrogens is 298 g/mol. The largest absolute Gasteiger partial charge is 0.312 e. The molecule has 0 aromatic carbocycles. The first-order chi connectivity index (χ1) is 11.8. The number of aromatic amines is 1. The highest BCUT2D eigenvalue weighted by atomic mass is 15.1. The number of H-pyrrole nitrogens is 1. The number of hydrogen-bond donors (Lipinski definition) is 2. The molecule has 1 aliphatic rings. The molecule has 2 N–H and O–H groups in total. The van der Waals surface area contributed by atoms with Crippen molar-refractivity contribution in [2.45, 2.75) is 51.1 Å². The van der Waals surface area contributed by atoms with Crippen LogP contribution in [0.4, 0.5) is 0 Å². The van der Waals surface area contributed by atoms with Crippen molar-refractivity contribution in [3.8, 4) is 11.3 Å². The van der Waals surface area contributed by atoms with Crippen LogP contribution in [0.2, 0.25) is 0 Å². The van der Waals surface area contributed by atoms with E-state index in [0.29, 0.717) is 0 Å². The molecule has 0 aliphatic heterocycles. The van der Waals surface area contributed by atoms with Crippen LogP contribution in [0, 0.1) is 0 Å². The maximum Gasteiger partial charge on any atom is 0.0710 e. The molecule has 0 unspecified atom stereocenters. The number of rotatable bonds is 8. The van der Waals surface area contributed by atoms with Crippen LogP contribution in [0.15, 0.2) is 30.7 Å². The summed E-state index contributed by atoms with van der Waals surface area (Å²) < 4.78 is 0. The van der Waals surface area contributed by atoms with Crippen LogP contribution in [-0.2, 0) is 6.54 Å². The molecule has 0 spiro atoms. The highest BCUT2D eigenvalue weighted by Crippen LogP contribution is 2.21. The molecule has 1 saturated carbocycles. The van der Waals surface area contributed by atoms with Crippen molar-refractivity contribution in [3.63, 3.8) is 0 Å². The Morgan fingerprint density at radius 2 is 2.12 bits per heavy atom. The molecule has 0 bridgehead atoms. The molecule has 2 aromatic heterocycles. The van der Waals surface area contributed by atoms with Crippen LogP contribution in [0.25, 0.3) is 11.3 Å². The second-order valence-electron chi connectivity index (χ2n) is 6.81. The maximum atomic E-state index is 4.19. The third kappa shape index (κ3) is 4.65. The van der Waals surface area contributed by atoms with Crippen molar-refractivity contribution in [1.82, 2.24) is 25.4 Å². The summed E-state index contributed by atoms with van der Waals surface area (Å²) in [7, 11) is 2.28. The Morgan fingerprint density at radius 1 is 1.25 bits per heavy atom. The van der Waals surface area contributed by atoms with Crippen molar-refractivity contribution in [2.75, 3.05) is 20.1 Å². The van der Waals surface area contributed by atoms with E-state index in [-0.39, 0.29) is 0 Å². The van der Waals surface area contributed by atoms with Gasteiger partial charge < -0.3 is 10.2 Å². The van der Waals surface area contributed by atoms with Gasteiger partial charge in [0.25, 0.3) is 0 Å². The summed E-state index contributed by atoms with van der Waals surface area (Å²) in [5.74, 6) is 0. The van der Waals surface area contributed by atoms with E-state index in [1.54, 1.807) is 6.20 Å². The zero-order chi connectivity index (χ0) is 16.6. The fourth-order valence-corrected chi connectivity index (χ4v) is 3.59. The number of nitrogens with zero attached hydrogens (tertiary/aromatic N) is 3. The van der Waals surface area contributed by atoms with Crippen molar-refractivity contribution in [1.29, 1.82) is 0 Å². The highest BCUT2D eigenvalue weighted by Gasteiger charge is 2.17. The Bertz CT molecular complexity index is 589. The lowest BCUT2D eigenvalue weighted by Crippen LogP contribution is -2.35. The first kappa shape index (κ1) is 17.1. The van der Waals surface area contributed by atoms with E-state index in [1.807, 2.05) is 18.5 Å². The SMILES string of the molecule is CN(CCCNCc1cn[nH]c1-c1cccnc1)C1CCCCC1. The summed E-state index contributed by atoms with van der Waals surface area (Å²) in [5, 5.41) is 10.8. The van der Waals surface area contributed by atoms with Crippen molar-refractivity contribution in [3.05, 3.63) is 36.3 Å². The average molecular weight is 327 g/mol. The van der Waals surface area contributed by atoms with Crippen LogP contribution < -0.4 is 5.32 Å². The predicted octanol–water partition coefficient (Wildman–Crippen LogP) is 3.22. The summed E-state index contributed by atoms with van der Waals surface area (Å²) in [4.78, 5) is 6.74. The van der Waals surface area contributed by atoms with Gasteiger partial charge in [-0.05, 0) is 51.5 Å². The van der Waals surface area contributed by atoms with Gasteiger partial charge in [-0.2, -0.15) is 5.10 Å². The zero-order valence-corrected chi connectivity index (χ0v) is 14.7. The Labute approximate surface area is 144 Å². The lowest BCUT2D eigenvalue weighted by atomic mass is 9.94. The molecule has 0 radical (unpaired) electrons. The molecule has 24 heavy (non-hydrogen) atoms. The average Bonchev–Trinajstić information content (AvgIpc) is 3.11. The van der Waals surface area contributed by atoms with E-state index in [9.17, 15) is 0 Å². The second kappa shape index (κ2) is 8.94. The molecular formula is C19H29N5. The Hall–Kier alpha value is -1.72. The minimum Gasteiger partial charge on any atom is -0.312 e. The maximum absolute atomic E-state index is 4.19. The topological polar surface area (TPSA) is 56.8 Å². The summed E-state index contributed by atoms with van der Waals surface area (Å²) in [5.41, 5.74) is 3.35. The molecule has 2 heterocycles. The summed E-state index contributed by atoms with van der Waals surface area (Å²) in [6, 6.07) is 4.82. The highest BCUT2D eigenvalue weighted by molar-refractivity contribution is 5.61. The van der Waals surface area contributed by atoms with Crippen LogP contribution >= 0.6 is 0 Å². The molecule has 1 aliphatic carbocycles. The fourth-order valence-electron chi connectivity index (χ4n) is 3.59. The van der Waals surface area contributed by atoms with Gasteiger partial charge in [0.1, 0.15) is 0 Å². The lowest BCUT2D eigenvalue weighted by Gasteiger charge is -2.31. The zero-order valence-electron chi connectivity index (χ0n) is 14.7. The van der Waals surface area contributed by atoms with Crippen LogP contribution in [0.3, 0.4) is 0 Å². The minimum absolute atomic E-state index is 0.810. The van der Waals surface area contributed by atoms with Gasteiger partial charge in [0.2, 0.25) is 0 Å². The van der Waals surface area contributed by atoms with Gasteiger partial charge in [-0.25, -0.2) is 0 Å². The molecule has 5 nitrogen and oxygen atoms in total. The van der Waals surface area contributed by atoms with Crippen molar-refractivity contribution < 1.29 is 0 Å². The van der Waals surface area contributed by atoms with Crippen LogP contribution in [0.5, 0.6) is 0 Å². The standard InChI is InChI=1S/C19H29N5/c1-24(18-8-3-2-4-9-18)12-6-11-21-14-17-15-22-23-19(17)16-7-5-10-20-13-16/h5,7,10,13,15,18,21H,2-4,6,8-9,11-12,14H2,1H3,(H,22,23). The third-order valence-electron chi connectivity index (χ3n) is 5.05. The predicted molar refractivity (Wildman–Crippen MR) is 97.6 cm³/mol. The van der Waals surface area contributed by atoms with Gasteiger partial charge >= 0.3 is 0 Å². The number of hydrogen-bond acceptors (Lipinski definition) is 4. The van der Waals surface area contributed by atoms with Gasteiger partial charge in [-0.15, -0.1) is 0 Å². The van der Waals surface area contributed by atoms with E-state index in [4.69, 9.17) is 0 Å². The molecule has 130 valence electrons. The first-order valence-electron chi connectivity index (χ1n) is 9.18. The second-order valence-corrected chi connectivity index (χ2v) is 6.81. The van der Waals surface area contributed by atoms with Crippen LogP contribution in [-0.4, -0.2) is 46.3 Å². The monoisotopic (exact) mass is 327 g/mol. The molecule has 5 heteroatoms. The Morgan fingerprint density at radius 3 is 2.92 bits per heavy atom. The molecule has 2 aromatic rings. The van der Waals surface area contributed by atoms with Gasteiger partial charge in [0.15, 0.2) is 0 Å². The Balaban J connectivity index is 1.39. The van der Waals surface area contributed by atoms with Gasteiger partial charge in [-0.3, -0.25) is 10.1 Å². The Kier molecular flexibility index (Phi) is 6.38. The normalized spacial score (nSPS) is 15.9. The van der Waals surface area contributed by atoms with E-state index in [0.717, 1.165) is 30.4 Å². The van der Waals surface area contributed by atoms with E-state index < -0.39 is 0 Å². The molecule has 3 rings (SSSR count). The molecule has 0 saturated heterocycles. The van der Waals surface area contributed by atoms with E-state index >= 15 is 0 Å². The van der Waals surface area contributed by atoms with Crippen LogP contribution in [0.1, 0.15) is 44.1 Å². The first-order valence-corrected chi connectivity index (χ1v) is 9.18. The third-order valence-corrected chi connectivity index (χ3v) is 5.05. The van der Waals surface area contributed by atoms with Gasteiger partial charge in [-0.1, -0.05) is 19.3 Å². The van der Waals surface area contributed by atoms with E-state index in [1.165, 1.54) is 50.6 Å². The number of aromatic nitrogens is 3. The van der Waals surface area contributed by atoms with Crippen molar-refractivity contribution >= 4 is 0 Å². The summed E-state index contributed by atoms with van der Waals surface area (Å²) >= 11 is 0. The number of pyridine rings is 1. The van der Waals surface area contributed by atoms with E-state index in [2.05, 4.69) is 38.5 Å². The van der Waals surface area contributed by atoms with Crippen molar-refractivity contribution in [2.24, 2.45) is 0 Å². The summed E-state index contributed by atoms with van der Waals surface area (Å²) in [6.45, 7) is 3.06. The van der Waals surface area contributed by atoms with Gasteiger partial charge in [0.05, 0.1) is 11.9 Å². The van der Waals surface area contributed by atoms with Gasteiger partial charge in [0, 0.05) is 36.1 Å². The summed E-state index contributed by atoms with van der Waals surface area (Å²) in [6.07, 6.45) is 13.8. The molecule has 0 atom stereocenters.